The van der Waals surface area contributed by atoms with Crippen LogP contribution in [0, 0.1) is 0 Å². The molecule has 1 amide bonds. The zero-order valence-electron chi connectivity index (χ0n) is 42.3. The quantitative estimate of drug-likeness (QED) is 0.0245. The van der Waals surface area contributed by atoms with Crippen LogP contribution in [-0.4, -0.2) is 46.9 Å². The number of amides is 1. The third-order valence-corrected chi connectivity index (χ3v) is 11.7. The van der Waals surface area contributed by atoms with E-state index in [4.69, 9.17) is 4.74 Å². The summed E-state index contributed by atoms with van der Waals surface area (Å²) in [7, 11) is 0. The Morgan fingerprint density at radius 1 is 0.477 bits per heavy atom. The molecule has 0 radical (unpaired) electrons. The minimum Gasteiger partial charge on any atom is -0.462 e. The summed E-state index contributed by atoms with van der Waals surface area (Å²) in [6, 6.07) is -0.733. The lowest BCUT2D eigenvalue weighted by Gasteiger charge is -2.24. The van der Waals surface area contributed by atoms with Crippen LogP contribution in [0.1, 0.15) is 239 Å². The van der Waals surface area contributed by atoms with E-state index in [1.807, 2.05) is 6.08 Å². The molecule has 0 bridgehead atoms. The molecule has 6 nitrogen and oxygen atoms in total. The number of unbranched alkanes of at least 4 members (excludes halogenated alkanes) is 21. The second-order valence-corrected chi connectivity index (χ2v) is 18.0. The van der Waals surface area contributed by atoms with Crippen molar-refractivity contribution < 1.29 is 24.5 Å². The predicted molar refractivity (Wildman–Crippen MR) is 282 cm³/mol. The molecule has 0 fully saturated rings. The Hall–Kier alpha value is -3.22. The minimum absolute atomic E-state index is 0.0203. The van der Waals surface area contributed by atoms with Crippen molar-refractivity contribution in [2.24, 2.45) is 0 Å². The predicted octanol–water partition coefficient (Wildman–Crippen LogP) is 16.5. The van der Waals surface area contributed by atoms with E-state index in [-0.39, 0.29) is 31.3 Å². The highest BCUT2D eigenvalue weighted by molar-refractivity contribution is 5.77. The van der Waals surface area contributed by atoms with Gasteiger partial charge in [0.05, 0.1) is 25.2 Å². The summed E-state index contributed by atoms with van der Waals surface area (Å²) in [6.45, 7) is 6.33. The maximum absolute atomic E-state index is 13.2. The van der Waals surface area contributed by atoms with Gasteiger partial charge >= 0.3 is 5.97 Å². The number of rotatable bonds is 47. The molecular formula is C59H101NO5. The van der Waals surface area contributed by atoms with Crippen LogP contribution in [0.5, 0.6) is 0 Å². The molecule has 6 heteroatoms. The number of aliphatic hydroxyl groups excluding tert-OH is 2. The molecule has 0 rings (SSSR count). The van der Waals surface area contributed by atoms with Gasteiger partial charge in [-0.3, -0.25) is 9.59 Å². The second-order valence-electron chi connectivity index (χ2n) is 18.0. The van der Waals surface area contributed by atoms with Crippen LogP contribution < -0.4 is 5.32 Å². The number of hydrogen-bond donors (Lipinski definition) is 3. The largest absolute Gasteiger partial charge is 0.462 e. The molecule has 0 saturated carbocycles. The number of esters is 1. The monoisotopic (exact) mass is 904 g/mol. The molecule has 0 heterocycles. The maximum atomic E-state index is 13.2. The lowest BCUT2D eigenvalue weighted by molar-refractivity contribution is -0.150. The summed E-state index contributed by atoms with van der Waals surface area (Å²) in [5.74, 6) is -0.611. The van der Waals surface area contributed by atoms with Crippen molar-refractivity contribution in [3.8, 4) is 0 Å². The molecule has 372 valence electrons. The Kier molecular flexibility index (Phi) is 49.2. The summed E-state index contributed by atoms with van der Waals surface area (Å²) >= 11 is 0. The van der Waals surface area contributed by atoms with E-state index >= 15 is 0 Å². The van der Waals surface area contributed by atoms with Gasteiger partial charge in [0.25, 0.3) is 0 Å². The lowest BCUT2D eigenvalue weighted by Crippen LogP contribution is -2.46. The number of allylic oxidation sites excluding steroid dienone is 16. The highest BCUT2D eigenvalue weighted by Gasteiger charge is 2.24. The van der Waals surface area contributed by atoms with E-state index in [9.17, 15) is 19.8 Å². The van der Waals surface area contributed by atoms with Gasteiger partial charge in [0, 0.05) is 6.42 Å². The normalized spacial score (nSPS) is 14.0. The molecule has 3 atom stereocenters. The van der Waals surface area contributed by atoms with E-state index in [1.165, 1.54) is 103 Å². The van der Waals surface area contributed by atoms with E-state index < -0.39 is 18.2 Å². The van der Waals surface area contributed by atoms with Gasteiger partial charge in [-0.25, -0.2) is 0 Å². The van der Waals surface area contributed by atoms with Crippen LogP contribution in [0.15, 0.2) is 97.2 Å². The van der Waals surface area contributed by atoms with Crippen LogP contribution >= 0.6 is 0 Å². The highest BCUT2D eigenvalue weighted by Crippen LogP contribution is 2.17. The molecule has 0 spiro atoms. The van der Waals surface area contributed by atoms with Crippen molar-refractivity contribution >= 4 is 11.9 Å². The average Bonchev–Trinajstić information content (AvgIpc) is 3.30. The molecule has 0 aromatic carbocycles. The number of carbonyl (C=O) groups excluding carboxylic acids is 2. The van der Waals surface area contributed by atoms with Crippen molar-refractivity contribution in [1.29, 1.82) is 0 Å². The molecule has 65 heavy (non-hydrogen) atoms. The Labute approximate surface area is 401 Å². The molecule has 0 aromatic heterocycles. The van der Waals surface area contributed by atoms with Crippen LogP contribution in [0.2, 0.25) is 0 Å². The van der Waals surface area contributed by atoms with Crippen LogP contribution in [0.3, 0.4) is 0 Å². The first kappa shape index (κ1) is 61.8. The topological polar surface area (TPSA) is 95.9 Å². The average molecular weight is 904 g/mol. The Balaban J connectivity index is 4.77. The van der Waals surface area contributed by atoms with Gasteiger partial charge in [-0.2, -0.15) is 0 Å². The zero-order valence-corrected chi connectivity index (χ0v) is 42.3. The standard InChI is InChI=1S/C59H101NO5/c1-4-7-10-13-16-19-22-25-28-30-32-35-38-41-44-47-50-55(65-59(64)52-49-46-43-40-37-34-31-29-26-23-20-17-14-11-8-5-2)53-58(63)60-56(54-61)57(62)51-48-45-42-39-36-33-27-24-21-18-15-12-9-6-3/h8,11,17,20,22,25-26,28-30,32,34-35,37,43,46,55-57,61-62H,4-7,9-10,12-16,18-19,21,23-24,27,31,33,36,38-42,44-45,47-54H2,1-3H3,(H,60,63)/b11-8+,20-17+,25-22+,29-26+,30-28+,35-32+,37-34+,46-43+. The fourth-order valence-electron chi connectivity index (χ4n) is 7.66. The molecule has 0 saturated heterocycles. The van der Waals surface area contributed by atoms with Gasteiger partial charge in [0.15, 0.2) is 0 Å². The summed E-state index contributed by atoms with van der Waals surface area (Å²) in [6.07, 6.45) is 69.0. The first-order valence-electron chi connectivity index (χ1n) is 27.0. The summed E-state index contributed by atoms with van der Waals surface area (Å²) in [5, 5.41) is 23.8. The minimum atomic E-state index is -0.815. The summed E-state index contributed by atoms with van der Waals surface area (Å²) < 4.78 is 5.88. The van der Waals surface area contributed by atoms with Gasteiger partial charge in [0.1, 0.15) is 6.10 Å². The third kappa shape index (κ3) is 47.1. The van der Waals surface area contributed by atoms with Gasteiger partial charge < -0.3 is 20.3 Å². The van der Waals surface area contributed by atoms with Gasteiger partial charge in [0.2, 0.25) is 5.91 Å². The molecular weight excluding hydrogens is 803 g/mol. The summed E-state index contributed by atoms with van der Waals surface area (Å²) in [5.41, 5.74) is 0. The number of nitrogens with one attached hydrogen (secondary N) is 1. The van der Waals surface area contributed by atoms with Crippen molar-refractivity contribution in [2.45, 2.75) is 257 Å². The molecule has 0 aliphatic heterocycles. The fraction of sp³-hybridized carbons (Fsp3) is 0.695. The fourth-order valence-corrected chi connectivity index (χ4v) is 7.66. The number of carbonyl (C=O) groups is 2. The van der Waals surface area contributed by atoms with E-state index in [0.717, 1.165) is 83.5 Å². The van der Waals surface area contributed by atoms with Gasteiger partial charge in [-0.05, 0) is 83.5 Å². The van der Waals surface area contributed by atoms with E-state index in [0.29, 0.717) is 19.3 Å². The number of hydrogen-bond acceptors (Lipinski definition) is 5. The van der Waals surface area contributed by atoms with E-state index in [2.05, 4.69) is 117 Å². The van der Waals surface area contributed by atoms with Crippen LogP contribution in [0.25, 0.3) is 0 Å². The smallest absolute Gasteiger partial charge is 0.306 e. The first-order valence-corrected chi connectivity index (χ1v) is 27.0. The van der Waals surface area contributed by atoms with Gasteiger partial charge in [-0.1, -0.05) is 240 Å². The van der Waals surface area contributed by atoms with Crippen molar-refractivity contribution in [1.82, 2.24) is 5.32 Å². The highest BCUT2D eigenvalue weighted by atomic mass is 16.5. The van der Waals surface area contributed by atoms with Gasteiger partial charge in [-0.15, -0.1) is 0 Å². The van der Waals surface area contributed by atoms with Crippen LogP contribution in [-0.2, 0) is 14.3 Å². The molecule has 0 aliphatic rings. The Bertz CT molecular complexity index is 1290. The lowest BCUT2D eigenvalue weighted by atomic mass is 10.0. The van der Waals surface area contributed by atoms with Crippen LogP contribution in [0.4, 0.5) is 0 Å². The van der Waals surface area contributed by atoms with E-state index in [1.54, 1.807) is 0 Å². The first-order chi connectivity index (χ1) is 32.0. The zero-order chi connectivity index (χ0) is 47.4. The molecule has 0 aromatic rings. The molecule has 0 aliphatic carbocycles. The Morgan fingerprint density at radius 2 is 0.892 bits per heavy atom. The third-order valence-electron chi connectivity index (χ3n) is 11.7. The molecule has 3 N–H and O–H groups in total. The second kappa shape index (κ2) is 51.8. The van der Waals surface area contributed by atoms with Crippen molar-refractivity contribution in [3.63, 3.8) is 0 Å². The maximum Gasteiger partial charge on any atom is 0.306 e. The number of ether oxygens (including phenoxy) is 1. The van der Waals surface area contributed by atoms with Crippen molar-refractivity contribution in [2.75, 3.05) is 6.61 Å². The number of aliphatic hydroxyl groups is 2. The summed E-state index contributed by atoms with van der Waals surface area (Å²) in [4.78, 5) is 26.2. The Morgan fingerprint density at radius 3 is 1.37 bits per heavy atom. The molecule has 3 unspecified atom stereocenters. The van der Waals surface area contributed by atoms with Crippen molar-refractivity contribution in [3.05, 3.63) is 97.2 Å². The SMILES string of the molecule is CC/C=C/C/C=C/C/C=C/C/C=C/C/C=C/CCC(=O)OC(CCCCC/C=C/C=C/C=C/CCCCCCC)CC(=O)NC(CO)C(O)CCCCCCCCCCCCCCCC.